The molecule has 0 spiro atoms. The summed E-state index contributed by atoms with van der Waals surface area (Å²) < 4.78 is 1.37. The number of benzene rings is 1. The van der Waals surface area contributed by atoms with E-state index >= 15 is 0 Å². The predicted molar refractivity (Wildman–Crippen MR) is 124 cm³/mol. The maximum atomic E-state index is 11.5. The lowest BCUT2D eigenvalue weighted by atomic mass is 10.1. The first kappa shape index (κ1) is 24.0. The Balaban J connectivity index is 1.74. The Morgan fingerprint density at radius 1 is 1.24 bits per heavy atom. The Kier molecular flexibility index (Phi) is 7.25. The third-order valence-corrected chi connectivity index (χ3v) is 7.10. The second-order valence-electron chi connectivity index (χ2n) is 7.75. The molecular weight excluding hydrogens is 491 g/mol. The van der Waals surface area contributed by atoms with Gasteiger partial charge in [0, 0.05) is 11.4 Å². The number of unbranched alkanes of at least 4 members (excludes halogenated alkanes) is 1. The summed E-state index contributed by atoms with van der Waals surface area (Å²) in [5.74, 6) is -1.82. The highest BCUT2D eigenvalue weighted by atomic mass is 35.5. The number of nitrogens with zero attached hydrogens (tertiary/aromatic N) is 5. The van der Waals surface area contributed by atoms with Crippen molar-refractivity contribution < 1.29 is 20.1 Å². The average Bonchev–Trinajstić information content (AvgIpc) is 3.32. The van der Waals surface area contributed by atoms with Crippen LogP contribution in [-0.4, -0.2) is 65.0 Å². The Labute approximate surface area is 203 Å². The van der Waals surface area contributed by atoms with E-state index < -0.39 is 30.1 Å². The number of carboxylic acid groups (broad SMARTS) is 1. The summed E-state index contributed by atoms with van der Waals surface area (Å²) in [7, 11) is 0. The maximum absolute atomic E-state index is 11.5. The molecule has 4 atom stereocenters. The third kappa shape index (κ3) is 4.87. The van der Waals surface area contributed by atoms with Crippen LogP contribution >= 0.6 is 35.0 Å². The number of carbonyl (C=O) groups is 1. The molecule has 13 heteroatoms. The van der Waals surface area contributed by atoms with Crippen LogP contribution in [0.2, 0.25) is 10.0 Å². The van der Waals surface area contributed by atoms with Crippen LogP contribution in [0.5, 0.6) is 0 Å². The molecule has 10 nitrogen and oxygen atoms in total. The second-order valence-corrected chi connectivity index (χ2v) is 9.60. The van der Waals surface area contributed by atoms with Crippen LogP contribution in [0.3, 0.4) is 0 Å². The van der Waals surface area contributed by atoms with Crippen molar-refractivity contribution in [1.29, 1.82) is 0 Å². The number of hydrogen-bond acceptors (Lipinski definition) is 9. The first-order valence-electron chi connectivity index (χ1n) is 10.4. The number of carboxylic acids is 1. The molecule has 0 saturated heterocycles. The molecule has 1 aliphatic rings. The summed E-state index contributed by atoms with van der Waals surface area (Å²) in [6.07, 6.45) is -0.840. The van der Waals surface area contributed by atoms with Gasteiger partial charge in [-0.1, -0.05) is 41.8 Å². The normalized spacial score (nSPS) is 22.7. The van der Waals surface area contributed by atoms with Crippen molar-refractivity contribution in [2.75, 3.05) is 11.9 Å². The van der Waals surface area contributed by atoms with E-state index in [9.17, 15) is 20.1 Å². The van der Waals surface area contributed by atoms with Crippen molar-refractivity contribution in [2.45, 2.75) is 54.5 Å². The molecule has 1 saturated carbocycles. The Hall–Kier alpha value is -2.18. The van der Waals surface area contributed by atoms with Crippen LogP contribution in [0.25, 0.3) is 11.2 Å². The van der Waals surface area contributed by atoms with Gasteiger partial charge in [0.2, 0.25) is 0 Å². The van der Waals surface area contributed by atoms with Gasteiger partial charge in [-0.25, -0.2) is 14.6 Å². The molecule has 33 heavy (non-hydrogen) atoms. The van der Waals surface area contributed by atoms with Crippen LogP contribution in [0.4, 0.5) is 5.82 Å². The molecule has 1 aliphatic carbocycles. The van der Waals surface area contributed by atoms with Crippen LogP contribution < -0.4 is 5.32 Å². The molecule has 0 bridgehead atoms. The van der Waals surface area contributed by atoms with Gasteiger partial charge in [0.1, 0.15) is 6.10 Å². The summed E-state index contributed by atoms with van der Waals surface area (Å²) in [4.78, 5) is 21.4. The highest BCUT2D eigenvalue weighted by molar-refractivity contribution is 7.99. The van der Waals surface area contributed by atoms with Gasteiger partial charge in [0.05, 0.1) is 28.1 Å². The number of hydrogen-bond donors (Lipinski definition) is 4. The van der Waals surface area contributed by atoms with Gasteiger partial charge in [0.25, 0.3) is 0 Å². The first-order valence-corrected chi connectivity index (χ1v) is 12.0. The van der Waals surface area contributed by atoms with Crippen LogP contribution in [0.1, 0.15) is 32.2 Å². The molecule has 3 aromatic rings. The number of fused-ring (bicyclic) bond motifs is 1. The van der Waals surface area contributed by atoms with Gasteiger partial charge in [0.15, 0.2) is 22.1 Å². The smallest absolute Gasteiger partial charge is 0.309 e. The maximum Gasteiger partial charge on any atom is 0.309 e. The highest BCUT2D eigenvalue weighted by Crippen LogP contribution is 2.38. The quantitative estimate of drug-likeness (QED) is 0.261. The average molecular weight is 513 g/mol. The highest BCUT2D eigenvalue weighted by Gasteiger charge is 2.47. The van der Waals surface area contributed by atoms with Gasteiger partial charge in [-0.2, -0.15) is 0 Å². The molecule has 4 rings (SSSR count). The number of aromatic nitrogens is 5. The minimum atomic E-state index is -1.42. The minimum absolute atomic E-state index is 0.00596. The van der Waals surface area contributed by atoms with Crippen molar-refractivity contribution in [1.82, 2.24) is 25.0 Å². The van der Waals surface area contributed by atoms with E-state index in [2.05, 4.69) is 32.5 Å². The number of anilines is 1. The SMILES string of the molecule is CCCCNc1nc(Sc2ccc(Cl)c(Cl)c2)nc2c1nnn2[C@@H]1C[C@H](C(=O)O)[C@@H](O)[C@H]1O. The van der Waals surface area contributed by atoms with Crippen LogP contribution in [-0.2, 0) is 4.79 Å². The monoisotopic (exact) mass is 512 g/mol. The fourth-order valence-corrected chi connectivity index (χ4v) is 4.88. The lowest BCUT2D eigenvalue weighted by molar-refractivity contribution is -0.145. The van der Waals surface area contributed by atoms with Crippen molar-refractivity contribution in [3.05, 3.63) is 28.2 Å². The van der Waals surface area contributed by atoms with Gasteiger partial charge < -0.3 is 20.6 Å². The third-order valence-electron chi connectivity index (χ3n) is 5.51. The molecule has 0 radical (unpaired) electrons. The van der Waals surface area contributed by atoms with E-state index in [1.54, 1.807) is 18.2 Å². The standard InChI is InChI=1S/C20H22Cl2N6O4S/c1-2-3-6-23-17-14-18(25-20(24-17)33-9-4-5-11(21)12(22)7-9)28(27-26-14)13-8-10(19(31)32)15(29)16(13)30/h4-5,7,10,13,15-16,29-30H,2-3,6,8H2,1H3,(H,31,32)(H,23,24,25)/t10-,13+,15+,16-/m0/s1. The van der Waals surface area contributed by atoms with Crippen molar-refractivity contribution in [2.24, 2.45) is 5.92 Å². The van der Waals surface area contributed by atoms with Gasteiger partial charge in [-0.05, 0) is 42.8 Å². The summed E-state index contributed by atoms with van der Waals surface area (Å²) in [5.41, 5.74) is 0.721. The zero-order chi connectivity index (χ0) is 23.7. The summed E-state index contributed by atoms with van der Waals surface area (Å²) in [6.45, 7) is 2.74. The largest absolute Gasteiger partial charge is 0.481 e. The fraction of sp³-hybridized carbons (Fsp3) is 0.450. The summed E-state index contributed by atoms with van der Waals surface area (Å²) >= 11 is 13.4. The molecule has 0 unspecified atom stereocenters. The number of aliphatic hydroxyl groups excluding tert-OH is 2. The Morgan fingerprint density at radius 2 is 2.03 bits per heavy atom. The number of aliphatic carboxylic acids is 1. The Morgan fingerprint density at radius 3 is 2.70 bits per heavy atom. The number of aliphatic hydroxyl groups is 2. The minimum Gasteiger partial charge on any atom is -0.481 e. The lowest BCUT2D eigenvalue weighted by Gasteiger charge is -2.16. The number of rotatable bonds is 8. The van der Waals surface area contributed by atoms with Crippen LogP contribution in [0, 0.1) is 5.92 Å². The van der Waals surface area contributed by atoms with E-state index in [1.807, 2.05) is 0 Å². The molecule has 2 aromatic heterocycles. The van der Waals surface area contributed by atoms with Crippen molar-refractivity contribution >= 4 is 57.9 Å². The lowest BCUT2D eigenvalue weighted by Crippen LogP contribution is -2.32. The molecule has 4 N–H and O–H groups in total. The first-order chi connectivity index (χ1) is 15.8. The second kappa shape index (κ2) is 9.98. The zero-order valence-electron chi connectivity index (χ0n) is 17.5. The van der Waals surface area contributed by atoms with Crippen molar-refractivity contribution in [3.63, 3.8) is 0 Å². The zero-order valence-corrected chi connectivity index (χ0v) is 19.8. The molecule has 1 aromatic carbocycles. The topological polar surface area (TPSA) is 146 Å². The molecule has 0 aliphatic heterocycles. The van der Waals surface area contributed by atoms with E-state index in [0.717, 1.165) is 17.7 Å². The van der Waals surface area contributed by atoms with Gasteiger partial charge >= 0.3 is 5.97 Å². The van der Waals surface area contributed by atoms with Gasteiger partial charge in [-0.3, -0.25) is 4.79 Å². The van der Waals surface area contributed by atoms with Crippen molar-refractivity contribution in [3.8, 4) is 0 Å². The summed E-state index contributed by atoms with van der Waals surface area (Å²) in [5, 5.41) is 42.9. The Bertz CT molecular complexity index is 1180. The molecule has 1 fully saturated rings. The van der Waals surface area contributed by atoms with E-state index in [1.165, 1.54) is 16.4 Å². The molecule has 2 heterocycles. The fourth-order valence-electron chi connectivity index (χ4n) is 3.73. The summed E-state index contributed by atoms with van der Waals surface area (Å²) in [6, 6.07) is 4.38. The number of halogens is 2. The van der Waals surface area contributed by atoms with Gasteiger partial charge in [-0.15, -0.1) is 5.10 Å². The number of nitrogens with one attached hydrogen (secondary N) is 1. The van der Waals surface area contributed by atoms with E-state index in [0.29, 0.717) is 38.7 Å². The van der Waals surface area contributed by atoms with E-state index in [4.69, 9.17) is 23.2 Å². The molecular formula is C20H22Cl2N6O4S. The molecule has 176 valence electrons. The predicted octanol–water partition coefficient (Wildman–Crippen LogP) is 3.26. The van der Waals surface area contributed by atoms with Crippen LogP contribution in [0.15, 0.2) is 28.3 Å². The van der Waals surface area contributed by atoms with E-state index in [-0.39, 0.29) is 6.42 Å². The molecule has 0 amide bonds.